The first-order chi connectivity index (χ1) is 13.3. The topological polar surface area (TPSA) is 55.1 Å². The Morgan fingerprint density at radius 3 is 2.22 bits per heavy atom. The maximum atomic E-state index is 13.0. The summed E-state index contributed by atoms with van der Waals surface area (Å²) in [5, 5.41) is 9.05. The number of thiophene rings is 1. The fourth-order valence-electron chi connectivity index (χ4n) is 3.00. The second kappa shape index (κ2) is 8.01. The fourth-order valence-corrected chi connectivity index (χ4v) is 3.67. The van der Waals surface area contributed by atoms with Crippen LogP contribution < -0.4 is 5.32 Å². The molecule has 5 heteroatoms. The molecule has 2 aromatic carbocycles. The molecule has 0 radical (unpaired) electrons. The van der Waals surface area contributed by atoms with Gasteiger partial charge in [-0.3, -0.25) is 4.79 Å². The molecule has 0 saturated carbocycles. The van der Waals surface area contributed by atoms with Crippen molar-refractivity contribution in [1.82, 2.24) is 10.5 Å². The van der Waals surface area contributed by atoms with E-state index in [1.807, 2.05) is 84.2 Å². The average molecular weight is 374 g/mol. The minimum Gasteiger partial charge on any atom is -0.355 e. The quantitative estimate of drug-likeness (QED) is 0.525. The van der Waals surface area contributed by atoms with Crippen molar-refractivity contribution < 1.29 is 9.32 Å². The summed E-state index contributed by atoms with van der Waals surface area (Å²) >= 11 is 1.59. The number of nitrogens with one attached hydrogen (secondary N) is 1. The summed E-state index contributed by atoms with van der Waals surface area (Å²) in [6.07, 6.45) is 0. The number of nitrogens with zero attached hydrogens (tertiary/aromatic N) is 1. The zero-order valence-electron chi connectivity index (χ0n) is 14.5. The van der Waals surface area contributed by atoms with Crippen molar-refractivity contribution in [1.29, 1.82) is 0 Å². The predicted octanol–water partition coefficient (Wildman–Crippen LogP) is 4.85. The Balaban J connectivity index is 1.51. The van der Waals surface area contributed by atoms with Crippen LogP contribution in [-0.2, 0) is 11.3 Å². The van der Waals surface area contributed by atoms with Gasteiger partial charge >= 0.3 is 0 Å². The van der Waals surface area contributed by atoms with E-state index in [-0.39, 0.29) is 11.8 Å². The number of hydrogen-bond acceptors (Lipinski definition) is 4. The van der Waals surface area contributed by atoms with E-state index in [4.69, 9.17) is 4.52 Å². The van der Waals surface area contributed by atoms with Gasteiger partial charge in [-0.15, -0.1) is 11.3 Å². The second-order valence-electron chi connectivity index (χ2n) is 6.13. The van der Waals surface area contributed by atoms with E-state index in [2.05, 4.69) is 10.5 Å². The number of benzene rings is 2. The monoisotopic (exact) mass is 374 g/mol. The molecule has 134 valence electrons. The van der Waals surface area contributed by atoms with Crippen LogP contribution in [0.4, 0.5) is 0 Å². The van der Waals surface area contributed by atoms with Gasteiger partial charge in [0.2, 0.25) is 5.91 Å². The molecule has 4 nitrogen and oxygen atoms in total. The third-order valence-corrected chi connectivity index (χ3v) is 5.18. The highest BCUT2D eigenvalue weighted by atomic mass is 32.1. The van der Waals surface area contributed by atoms with Gasteiger partial charge in [-0.25, -0.2) is 0 Å². The normalized spacial score (nSPS) is 10.9. The molecule has 0 saturated heterocycles. The average Bonchev–Trinajstić information content (AvgIpc) is 3.40. The SMILES string of the molecule is O=C(NCc1cc(-c2cccs2)on1)C(c1ccccc1)c1ccccc1. The van der Waals surface area contributed by atoms with E-state index in [1.165, 1.54) is 0 Å². The van der Waals surface area contributed by atoms with Gasteiger partial charge in [0, 0.05) is 6.07 Å². The first-order valence-corrected chi connectivity index (χ1v) is 9.56. The molecule has 0 atom stereocenters. The van der Waals surface area contributed by atoms with Crippen LogP contribution in [0.2, 0.25) is 0 Å². The van der Waals surface area contributed by atoms with Crippen LogP contribution >= 0.6 is 11.3 Å². The third kappa shape index (κ3) is 3.99. The number of amides is 1. The standard InChI is InChI=1S/C22H18N2O2S/c25-22(23-15-18-14-19(26-24-18)20-12-7-13-27-20)21(16-8-3-1-4-9-16)17-10-5-2-6-11-17/h1-14,21H,15H2,(H,23,25). The van der Waals surface area contributed by atoms with Crippen molar-refractivity contribution in [2.75, 3.05) is 0 Å². The van der Waals surface area contributed by atoms with Crippen LogP contribution in [0, 0.1) is 0 Å². The van der Waals surface area contributed by atoms with E-state index in [9.17, 15) is 4.79 Å². The van der Waals surface area contributed by atoms with Crippen molar-refractivity contribution >= 4 is 17.2 Å². The molecule has 0 bridgehead atoms. The Hall–Kier alpha value is -3.18. The van der Waals surface area contributed by atoms with Crippen LogP contribution in [0.15, 0.2) is 88.8 Å². The van der Waals surface area contributed by atoms with Crippen molar-refractivity contribution in [2.24, 2.45) is 0 Å². The van der Waals surface area contributed by atoms with E-state index < -0.39 is 0 Å². The van der Waals surface area contributed by atoms with Crippen molar-refractivity contribution in [3.8, 4) is 10.6 Å². The van der Waals surface area contributed by atoms with E-state index in [0.717, 1.165) is 21.8 Å². The van der Waals surface area contributed by atoms with Crippen molar-refractivity contribution in [3.05, 3.63) is 101 Å². The molecule has 0 unspecified atom stereocenters. The van der Waals surface area contributed by atoms with Gasteiger partial charge in [-0.2, -0.15) is 0 Å². The predicted molar refractivity (Wildman–Crippen MR) is 106 cm³/mol. The number of hydrogen-bond donors (Lipinski definition) is 1. The van der Waals surface area contributed by atoms with Crippen LogP contribution in [0.1, 0.15) is 22.7 Å². The smallest absolute Gasteiger partial charge is 0.232 e. The molecule has 27 heavy (non-hydrogen) atoms. The first-order valence-electron chi connectivity index (χ1n) is 8.68. The Labute approximate surface area is 161 Å². The molecule has 2 aromatic heterocycles. The molecular weight excluding hydrogens is 356 g/mol. The van der Waals surface area contributed by atoms with Crippen molar-refractivity contribution in [2.45, 2.75) is 12.5 Å². The molecule has 0 fully saturated rings. The fraction of sp³-hybridized carbons (Fsp3) is 0.0909. The lowest BCUT2D eigenvalue weighted by molar-refractivity contribution is -0.121. The molecule has 0 spiro atoms. The van der Waals surface area contributed by atoms with Gasteiger partial charge in [0.1, 0.15) is 5.69 Å². The summed E-state index contributed by atoms with van der Waals surface area (Å²) in [6, 6.07) is 25.4. The molecule has 1 amide bonds. The highest BCUT2D eigenvalue weighted by Gasteiger charge is 2.22. The largest absolute Gasteiger partial charge is 0.355 e. The molecular formula is C22H18N2O2S. The molecule has 0 aliphatic carbocycles. The highest BCUT2D eigenvalue weighted by Crippen LogP contribution is 2.26. The van der Waals surface area contributed by atoms with E-state index in [0.29, 0.717) is 12.2 Å². The maximum absolute atomic E-state index is 13.0. The first kappa shape index (κ1) is 17.2. The zero-order chi connectivity index (χ0) is 18.5. The maximum Gasteiger partial charge on any atom is 0.232 e. The zero-order valence-corrected chi connectivity index (χ0v) is 15.4. The van der Waals surface area contributed by atoms with Crippen molar-refractivity contribution in [3.63, 3.8) is 0 Å². The third-order valence-electron chi connectivity index (χ3n) is 4.29. The number of carbonyl (C=O) groups excluding carboxylic acids is 1. The lowest BCUT2D eigenvalue weighted by Gasteiger charge is -2.17. The van der Waals surface area contributed by atoms with Gasteiger partial charge in [0.05, 0.1) is 17.3 Å². The van der Waals surface area contributed by atoms with Gasteiger partial charge in [0.15, 0.2) is 5.76 Å². The van der Waals surface area contributed by atoms with Gasteiger partial charge < -0.3 is 9.84 Å². The molecule has 4 rings (SSSR count). The van der Waals surface area contributed by atoms with Gasteiger partial charge in [0.25, 0.3) is 0 Å². The molecule has 0 aliphatic rings. The lowest BCUT2D eigenvalue weighted by Crippen LogP contribution is -2.29. The summed E-state index contributed by atoms with van der Waals surface area (Å²) in [5.74, 6) is 0.293. The van der Waals surface area contributed by atoms with Crippen LogP contribution in [0.5, 0.6) is 0 Å². The Kier molecular flexibility index (Phi) is 5.12. The van der Waals surface area contributed by atoms with Crippen LogP contribution in [0.3, 0.4) is 0 Å². The van der Waals surface area contributed by atoms with E-state index >= 15 is 0 Å². The summed E-state index contributed by atoms with van der Waals surface area (Å²) in [7, 11) is 0. The molecule has 0 aliphatic heterocycles. The minimum absolute atomic E-state index is 0.0620. The summed E-state index contributed by atoms with van der Waals surface area (Å²) < 4.78 is 5.38. The Morgan fingerprint density at radius 2 is 1.63 bits per heavy atom. The Bertz CT molecular complexity index is 956. The lowest BCUT2D eigenvalue weighted by atomic mass is 9.90. The highest BCUT2D eigenvalue weighted by molar-refractivity contribution is 7.13. The summed E-state index contributed by atoms with van der Waals surface area (Å²) in [5.41, 5.74) is 2.62. The number of rotatable bonds is 6. The van der Waals surface area contributed by atoms with Crippen LogP contribution in [-0.4, -0.2) is 11.1 Å². The van der Waals surface area contributed by atoms with E-state index in [1.54, 1.807) is 11.3 Å². The summed E-state index contributed by atoms with van der Waals surface area (Å²) in [6.45, 7) is 0.323. The van der Waals surface area contributed by atoms with Crippen LogP contribution in [0.25, 0.3) is 10.6 Å². The minimum atomic E-state index is -0.365. The number of carbonyl (C=O) groups is 1. The second-order valence-corrected chi connectivity index (χ2v) is 7.08. The van der Waals surface area contributed by atoms with Gasteiger partial charge in [-0.05, 0) is 22.6 Å². The van der Waals surface area contributed by atoms with Gasteiger partial charge in [-0.1, -0.05) is 71.9 Å². The molecule has 2 heterocycles. The summed E-state index contributed by atoms with van der Waals surface area (Å²) in [4.78, 5) is 14.0. The number of aromatic nitrogens is 1. The Morgan fingerprint density at radius 1 is 0.963 bits per heavy atom. The molecule has 1 N–H and O–H groups in total. The molecule has 4 aromatic rings.